The van der Waals surface area contributed by atoms with Crippen molar-refractivity contribution >= 4 is 21.5 Å². The first-order valence-corrected chi connectivity index (χ1v) is 12.2. The highest BCUT2D eigenvalue weighted by Gasteiger charge is 2.33. The molecule has 1 fully saturated rings. The average molecular weight is 438 g/mol. The number of piperidine rings is 1. The van der Waals surface area contributed by atoms with Gasteiger partial charge in [0.25, 0.3) is 15.8 Å². The summed E-state index contributed by atoms with van der Waals surface area (Å²) in [6.07, 6.45) is 2.32. The molecule has 1 N–H and O–H groups in total. The second-order valence-corrected chi connectivity index (χ2v) is 11.1. The molecule has 0 unspecified atom stereocenters. The Balaban J connectivity index is 1.52. The summed E-state index contributed by atoms with van der Waals surface area (Å²) in [6, 6.07) is 4.16. The van der Waals surface area contributed by atoms with Crippen molar-refractivity contribution in [3.05, 3.63) is 49.8 Å². The number of fused-ring (bicyclic) bond motifs is 1. The maximum Gasteiger partial charge on any atom is 0.281 e. The zero-order chi connectivity index (χ0) is 20.6. The fraction of sp³-hybridized carbons (Fsp3) is 0.579. The molecule has 0 saturated carbocycles. The molecule has 2 aromatic rings. The first-order valence-electron chi connectivity index (χ1n) is 9.89. The number of aromatic amines is 1. The molecule has 2 aliphatic heterocycles. The molecule has 0 amide bonds. The largest absolute Gasteiger partial charge is 0.310 e. The van der Waals surface area contributed by atoms with Crippen molar-refractivity contribution in [1.29, 1.82) is 0 Å². The lowest BCUT2D eigenvalue weighted by molar-refractivity contribution is 0.242. The van der Waals surface area contributed by atoms with Crippen LogP contribution >= 0.6 is 11.3 Å². The van der Waals surface area contributed by atoms with Crippen LogP contribution in [0.4, 0.5) is 0 Å². The molecule has 2 aliphatic rings. The maximum atomic E-state index is 12.8. The van der Waals surface area contributed by atoms with Crippen molar-refractivity contribution < 1.29 is 8.42 Å². The lowest BCUT2D eigenvalue weighted by Gasteiger charge is -2.33. The quantitative estimate of drug-likeness (QED) is 0.763. The van der Waals surface area contributed by atoms with E-state index in [4.69, 9.17) is 4.98 Å². The number of H-pyrrole nitrogens is 1. The third-order valence-corrected chi connectivity index (χ3v) is 8.45. The molecule has 0 aliphatic carbocycles. The van der Waals surface area contributed by atoms with E-state index in [1.54, 1.807) is 25.4 Å². The average Bonchev–Trinajstić information content (AvgIpc) is 3.21. The number of nitrogens with one attached hydrogen (secondary N) is 1. The van der Waals surface area contributed by atoms with Crippen LogP contribution in [-0.4, -0.2) is 65.6 Å². The van der Waals surface area contributed by atoms with Gasteiger partial charge in [0.15, 0.2) is 0 Å². The van der Waals surface area contributed by atoms with E-state index in [-0.39, 0.29) is 11.5 Å². The minimum atomic E-state index is -3.46. The lowest BCUT2D eigenvalue weighted by atomic mass is 9.98. The SMILES string of the molecule is CN(C)S(=O)(=O)N1CCC[C@@H](c2nc3c(c(=O)[nH]2)CN(Cc2cccs2)CC3)C1. The third-order valence-electron chi connectivity index (χ3n) is 5.68. The molecule has 4 heterocycles. The Morgan fingerprint density at radius 2 is 2.17 bits per heavy atom. The van der Waals surface area contributed by atoms with E-state index in [1.165, 1.54) is 13.5 Å². The van der Waals surface area contributed by atoms with E-state index in [0.717, 1.165) is 43.6 Å². The fourth-order valence-corrected chi connectivity index (χ4v) is 5.99. The maximum absolute atomic E-state index is 12.8. The summed E-state index contributed by atoms with van der Waals surface area (Å²) in [4.78, 5) is 24.1. The Bertz CT molecular complexity index is 1020. The van der Waals surface area contributed by atoms with Gasteiger partial charge in [-0.25, -0.2) is 4.98 Å². The van der Waals surface area contributed by atoms with E-state index in [0.29, 0.717) is 25.5 Å². The van der Waals surface area contributed by atoms with Gasteiger partial charge in [0.05, 0.1) is 11.3 Å². The molecule has 0 bridgehead atoms. The first kappa shape index (κ1) is 20.7. The Morgan fingerprint density at radius 3 is 2.90 bits per heavy atom. The molecule has 29 heavy (non-hydrogen) atoms. The highest BCUT2D eigenvalue weighted by atomic mass is 32.2. The normalized spacial score (nSPS) is 21.4. The highest BCUT2D eigenvalue weighted by molar-refractivity contribution is 7.86. The number of nitrogens with zero attached hydrogens (tertiary/aromatic N) is 4. The highest BCUT2D eigenvalue weighted by Crippen LogP contribution is 2.27. The van der Waals surface area contributed by atoms with Gasteiger partial charge < -0.3 is 4.98 Å². The van der Waals surface area contributed by atoms with Gasteiger partial charge in [-0.3, -0.25) is 9.69 Å². The van der Waals surface area contributed by atoms with Gasteiger partial charge in [0.1, 0.15) is 5.82 Å². The van der Waals surface area contributed by atoms with Crippen LogP contribution in [0, 0.1) is 0 Å². The van der Waals surface area contributed by atoms with Gasteiger partial charge in [0.2, 0.25) is 0 Å². The van der Waals surface area contributed by atoms with E-state index in [1.807, 2.05) is 6.07 Å². The standard InChI is InChI=1S/C19H27N5O3S2/c1-22(2)29(26,27)24-8-3-5-14(11-24)18-20-17-7-9-23(12-15-6-4-10-28-15)13-16(17)19(25)21-18/h4,6,10,14H,3,5,7-9,11-13H2,1-2H3,(H,20,21,25)/t14-/m1/s1. The molecule has 0 aromatic carbocycles. The van der Waals surface area contributed by atoms with Crippen LogP contribution < -0.4 is 5.56 Å². The van der Waals surface area contributed by atoms with Gasteiger partial charge in [0, 0.05) is 64.0 Å². The summed E-state index contributed by atoms with van der Waals surface area (Å²) >= 11 is 1.73. The van der Waals surface area contributed by atoms with Crippen LogP contribution in [0.15, 0.2) is 22.3 Å². The van der Waals surface area contributed by atoms with Crippen LogP contribution in [0.1, 0.15) is 40.7 Å². The van der Waals surface area contributed by atoms with Gasteiger partial charge in [-0.05, 0) is 24.3 Å². The second-order valence-electron chi connectivity index (χ2n) is 7.90. The summed E-state index contributed by atoms with van der Waals surface area (Å²) in [5.74, 6) is 0.541. The minimum Gasteiger partial charge on any atom is -0.310 e. The zero-order valence-electron chi connectivity index (χ0n) is 16.8. The Labute approximate surface area is 175 Å². The summed E-state index contributed by atoms with van der Waals surface area (Å²) in [6.45, 7) is 3.17. The van der Waals surface area contributed by atoms with Crippen LogP contribution in [0.3, 0.4) is 0 Å². The number of thiophene rings is 1. The predicted octanol–water partition coefficient (Wildman–Crippen LogP) is 1.38. The number of hydrogen-bond donors (Lipinski definition) is 1. The van der Waals surface area contributed by atoms with Crippen molar-refractivity contribution in [3.63, 3.8) is 0 Å². The van der Waals surface area contributed by atoms with Crippen LogP contribution in [0.25, 0.3) is 0 Å². The Morgan fingerprint density at radius 1 is 1.34 bits per heavy atom. The van der Waals surface area contributed by atoms with Crippen molar-refractivity contribution in [2.45, 2.75) is 38.3 Å². The molecule has 2 aromatic heterocycles. The van der Waals surface area contributed by atoms with Crippen LogP contribution in [0.2, 0.25) is 0 Å². The molecule has 1 saturated heterocycles. The van der Waals surface area contributed by atoms with Gasteiger partial charge >= 0.3 is 0 Å². The molecule has 0 spiro atoms. The molecule has 8 nitrogen and oxygen atoms in total. The van der Waals surface area contributed by atoms with Crippen molar-refractivity contribution in [1.82, 2.24) is 23.5 Å². The van der Waals surface area contributed by atoms with E-state index in [2.05, 4.69) is 21.3 Å². The summed E-state index contributed by atoms with van der Waals surface area (Å²) in [5, 5.41) is 2.07. The Hall–Kier alpha value is -1.59. The zero-order valence-corrected chi connectivity index (χ0v) is 18.4. The molecule has 4 rings (SSSR count). The van der Waals surface area contributed by atoms with Crippen molar-refractivity contribution in [3.8, 4) is 0 Å². The van der Waals surface area contributed by atoms with Crippen molar-refractivity contribution in [2.24, 2.45) is 0 Å². The van der Waals surface area contributed by atoms with Gasteiger partial charge in [-0.2, -0.15) is 17.0 Å². The Kier molecular flexibility index (Phi) is 5.90. The smallest absolute Gasteiger partial charge is 0.281 e. The number of rotatable bonds is 5. The summed E-state index contributed by atoms with van der Waals surface area (Å²) < 4.78 is 27.7. The topological polar surface area (TPSA) is 89.6 Å². The van der Waals surface area contributed by atoms with E-state index in [9.17, 15) is 13.2 Å². The lowest BCUT2D eigenvalue weighted by Crippen LogP contribution is -2.45. The minimum absolute atomic E-state index is 0.0828. The molecule has 1 atom stereocenters. The molecular weight excluding hydrogens is 410 g/mol. The second kappa shape index (κ2) is 8.27. The predicted molar refractivity (Wildman–Crippen MR) is 113 cm³/mol. The molecule has 10 heteroatoms. The van der Waals surface area contributed by atoms with E-state index < -0.39 is 10.2 Å². The summed E-state index contributed by atoms with van der Waals surface area (Å²) in [5.41, 5.74) is 1.51. The van der Waals surface area contributed by atoms with Crippen LogP contribution in [0.5, 0.6) is 0 Å². The first-order chi connectivity index (χ1) is 13.8. The van der Waals surface area contributed by atoms with Crippen molar-refractivity contribution in [2.75, 3.05) is 33.7 Å². The molecule has 158 valence electrons. The third kappa shape index (κ3) is 4.31. The monoisotopic (exact) mass is 437 g/mol. The number of hydrogen-bond acceptors (Lipinski definition) is 6. The van der Waals surface area contributed by atoms with E-state index >= 15 is 0 Å². The molecule has 0 radical (unpaired) electrons. The van der Waals surface area contributed by atoms with Crippen LogP contribution in [-0.2, 0) is 29.7 Å². The molecular formula is C19H27N5O3S2. The summed E-state index contributed by atoms with van der Waals surface area (Å²) in [7, 11) is -0.376. The van der Waals surface area contributed by atoms with Gasteiger partial charge in [-0.15, -0.1) is 11.3 Å². The number of aromatic nitrogens is 2. The fourth-order valence-electron chi connectivity index (χ4n) is 4.06. The van der Waals surface area contributed by atoms with Gasteiger partial charge in [-0.1, -0.05) is 6.07 Å².